The minimum Gasteiger partial charge on any atom is -0.299 e. The molecule has 1 saturated heterocycles. The molecule has 1 fully saturated rings. The van der Waals surface area contributed by atoms with Crippen molar-refractivity contribution in [3.05, 3.63) is 58.9 Å². The van der Waals surface area contributed by atoms with E-state index in [9.17, 15) is 4.79 Å². The Balaban J connectivity index is 1.31. The summed E-state index contributed by atoms with van der Waals surface area (Å²) in [7, 11) is 1.88. The van der Waals surface area contributed by atoms with Crippen molar-refractivity contribution >= 4 is 0 Å². The second kappa shape index (κ2) is 8.41. The van der Waals surface area contributed by atoms with Crippen molar-refractivity contribution in [2.75, 3.05) is 32.7 Å². The normalized spacial score (nSPS) is 15.8. The van der Waals surface area contributed by atoms with Crippen LogP contribution in [0.4, 0.5) is 0 Å². The monoisotopic (exact) mass is 380 g/mol. The zero-order valence-corrected chi connectivity index (χ0v) is 16.0. The summed E-state index contributed by atoms with van der Waals surface area (Å²) in [5, 5.41) is 12.6. The molecule has 0 aliphatic carbocycles. The van der Waals surface area contributed by atoms with Gasteiger partial charge >= 0.3 is 0 Å². The minimum absolute atomic E-state index is 0.0751. The van der Waals surface area contributed by atoms with Gasteiger partial charge in [-0.15, -0.1) is 5.10 Å². The van der Waals surface area contributed by atoms with Gasteiger partial charge in [-0.3, -0.25) is 24.3 Å². The molecular formula is C19H24N8O. The van der Waals surface area contributed by atoms with E-state index in [1.165, 1.54) is 0 Å². The van der Waals surface area contributed by atoms with Crippen molar-refractivity contribution in [2.45, 2.75) is 13.1 Å². The summed E-state index contributed by atoms with van der Waals surface area (Å²) in [6, 6.07) is 7.14. The van der Waals surface area contributed by atoms with Gasteiger partial charge in [0.25, 0.3) is 5.56 Å². The van der Waals surface area contributed by atoms with Gasteiger partial charge in [-0.25, -0.2) is 4.68 Å². The quantitative estimate of drug-likeness (QED) is 0.606. The molecule has 9 nitrogen and oxygen atoms in total. The van der Waals surface area contributed by atoms with Crippen LogP contribution in [0.3, 0.4) is 0 Å². The fourth-order valence-electron chi connectivity index (χ4n) is 3.38. The third-order valence-electron chi connectivity index (χ3n) is 4.95. The summed E-state index contributed by atoms with van der Waals surface area (Å²) >= 11 is 0. The Morgan fingerprint density at radius 3 is 2.57 bits per heavy atom. The molecule has 0 N–H and O–H groups in total. The van der Waals surface area contributed by atoms with E-state index in [4.69, 9.17) is 0 Å². The third kappa shape index (κ3) is 4.49. The van der Waals surface area contributed by atoms with Gasteiger partial charge in [-0.2, -0.15) is 5.10 Å². The molecule has 1 aliphatic rings. The Bertz CT molecular complexity index is 959. The molecule has 4 rings (SSSR count). The van der Waals surface area contributed by atoms with Gasteiger partial charge in [0, 0.05) is 76.5 Å². The number of rotatable bonds is 6. The third-order valence-corrected chi connectivity index (χ3v) is 4.95. The average Bonchev–Trinajstić information content (AvgIpc) is 3.14. The van der Waals surface area contributed by atoms with E-state index >= 15 is 0 Å². The van der Waals surface area contributed by atoms with Gasteiger partial charge in [0.15, 0.2) is 0 Å². The molecule has 0 amide bonds. The summed E-state index contributed by atoms with van der Waals surface area (Å²) in [5.74, 6) is 0. The van der Waals surface area contributed by atoms with Crippen LogP contribution < -0.4 is 5.56 Å². The van der Waals surface area contributed by atoms with E-state index in [0.717, 1.165) is 56.2 Å². The van der Waals surface area contributed by atoms with Crippen LogP contribution >= 0.6 is 0 Å². The first-order chi connectivity index (χ1) is 13.7. The zero-order chi connectivity index (χ0) is 19.3. The Morgan fingerprint density at radius 2 is 1.86 bits per heavy atom. The van der Waals surface area contributed by atoms with Crippen LogP contribution in [0.5, 0.6) is 0 Å². The lowest BCUT2D eigenvalue weighted by atomic mass is 10.2. The summed E-state index contributed by atoms with van der Waals surface area (Å²) in [6.07, 6.45) is 5.44. The molecule has 0 aromatic carbocycles. The molecule has 0 saturated carbocycles. The van der Waals surface area contributed by atoms with Gasteiger partial charge in [-0.1, -0.05) is 5.21 Å². The molecule has 0 radical (unpaired) electrons. The van der Waals surface area contributed by atoms with E-state index in [2.05, 4.69) is 30.2 Å². The fraction of sp³-hybridized carbons (Fsp3) is 0.421. The highest BCUT2D eigenvalue weighted by Crippen LogP contribution is 2.13. The Morgan fingerprint density at radius 1 is 1.04 bits per heavy atom. The van der Waals surface area contributed by atoms with E-state index in [1.54, 1.807) is 33.9 Å². The topological polar surface area (TPSA) is 85.0 Å². The summed E-state index contributed by atoms with van der Waals surface area (Å²) in [5.41, 5.74) is 2.60. The molecule has 0 unspecified atom stereocenters. The Hall–Kier alpha value is -2.91. The van der Waals surface area contributed by atoms with Crippen molar-refractivity contribution in [3.63, 3.8) is 0 Å². The largest absolute Gasteiger partial charge is 0.299 e. The minimum atomic E-state index is -0.0751. The summed E-state index contributed by atoms with van der Waals surface area (Å²) in [4.78, 5) is 21.1. The molecule has 3 aromatic heterocycles. The first-order valence-electron chi connectivity index (χ1n) is 9.46. The van der Waals surface area contributed by atoms with Gasteiger partial charge in [0.1, 0.15) is 0 Å². The summed E-state index contributed by atoms with van der Waals surface area (Å²) < 4.78 is 3.28. The van der Waals surface area contributed by atoms with Crippen molar-refractivity contribution < 1.29 is 0 Å². The molecule has 9 heteroatoms. The van der Waals surface area contributed by atoms with Crippen LogP contribution in [0.15, 0.2) is 47.7 Å². The Kier molecular flexibility index (Phi) is 5.54. The summed E-state index contributed by atoms with van der Waals surface area (Å²) in [6.45, 7) is 6.12. The van der Waals surface area contributed by atoms with Crippen LogP contribution in [0.25, 0.3) is 11.3 Å². The molecule has 0 spiro atoms. The molecule has 28 heavy (non-hydrogen) atoms. The van der Waals surface area contributed by atoms with Crippen molar-refractivity contribution in [2.24, 2.45) is 7.05 Å². The number of piperazine rings is 1. The van der Waals surface area contributed by atoms with Crippen LogP contribution in [0, 0.1) is 0 Å². The van der Waals surface area contributed by atoms with Gasteiger partial charge in [-0.05, 0) is 18.2 Å². The second-order valence-corrected chi connectivity index (χ2v) is 7.02. The molecule has 1 aliphatic heterocycles. The lowest BCUT2D eigenvalue weighted by Crippen LogP contribution is -2.47. The van der Waals surface area contributed by atoms with Crippen LogP contribution in [0.2, 0.25) is 0 Å². The fourth-order valence-corrected chi connectivity index (χ4v) is 3.38. The van der Waals surface area contributed by atoms with Crippen LogP contribution in [0.1, 0.15) is 5.69 Å². The highest BCUT2D eigenvalue weighted by Gasteiger charge is 2.18. The van der Waals surface area contributed by atoms with Gasteiger partial charge in [0.05, 0.1) is 17.9 Å². The number of hydrogen-bond acceptors (Lipinski definition) is 7. The van der Waals surface area contributed by atoms with Crippen LogP contribution in [-0.2, 0) is 20.1 Å². The maximum atomic E-state index is 12.2. The number of aromatic nitrogens is 6. The number of aryl methyl sites for hydroxylation is 1. The first kappa shape index (κ1) is 18.5. The maximum absolute atomic E-state index is 12.2. The molecule has 4 heterocycles. The molecule has 0 bridgehead atoms. The highest BCUT2D eigenvalue weighted by molar-refractivity contribution is 5.56. The molecular weight excluding hydrogens is 356 g/mol. The lowest BCUT2D eigenvalue weighted by molar-refractivity contribution is 0.121. The van der Waals surface area contributed by atoms with E-state index in [-0.39, 0.29) is 5.56 Å². The number of pyridine rings is 1. The SMILES string of the molecule is Cn1cc(CN2CCN(CCn3nc(-c4cccnc4)ccc3=O)CC2)nn1. The van der Waals surface area contributed by atoms with E-state index in [1.807, 2.05) is 25.4 Å². The predicted octanol–water partition coefficient (Wildman–Crippen LogP) is 0.252. The number of hydrogen-bond donors (Lipinski definition) is 0. The molecule has 3 aromatic rings. The number of nitrogens with zero attached hydrogens (tertiary/aromatic N) is 8. The van der Waals surface area contributed by atoms with Crippen LogP contribution in [-0.4, -0.2) is 72.3 Å². The highest BCUT2D eigenvalue weighted by atomic mass is 16.1. The van der Waals surface area contributed by atoms with Crippen molar-refractivity contribution in [1.82, 2.24) is 39.6 Å². The standard InChI is InChI=1S/C19H24N8O/c1-24-14-17(21-23-24)15-26-9-7-25(8-10-26)11-12-27-19(28)5-4-18(22-27)16-3-2-6-20-13-16/h2-6,13-14H,7-12,15H2,1H3. The zero-order valence-electron chi connectivity index (χ0n) is 16.0. The van der Waals surface area contributed by atoms with E-state index in [0.29, 0.717) is 6.54 Å². The average molecular weight is 380 g/mol. The second-order valence-electron chi connectivity index (χ2n) is 7.02. The van der Waals surface area contributed by atoms with Gasteiger partial charge in [0.2, 0.25) is 0 Å². The van der Waals surface area contributed by atoms with Gasteiger partial charge < -0.3 is 0 Å². The smallest absolute Gasteiger partial charge is 0.266 e. The van der Waals surface area contributed by atoms with Crippen molar-refractivity contribution in [3.8, 4) is 11.3 Å². The lowest BCUT2D eigenvalue weighted by Gasteiger charge is -2.34. The predicted molar refractivity (Wildman–Crippen MR) is 104 cm³/mol. The van der Waals surface area contributed by atoms with Crippen molar-refractivity contribution in [1.29, 1.82) is 0 Å². The molecule has 146 valence electrons. The molecule has 0 atom stereocenters. The Labute approximate surface area is 163 Å². The van der Waals surface area contributed by atoms with E-state index < -0.39 is 0 Å². The maximum Gasteiger partial charge on any atom is 0.266 e. The first-order valence-corrected chi connectivity index (χ1v) is 9.46.